The zero-order chi connectivity index (χ0) is 14.0. The fourth-order valence-corrected chi connectivity index (χ4v) is 4.00. The van der Waals surface area contributed by atoms with E-state index in [-0.39, 0.29) is 6.04 Å². The molecule has 19 heavy (non-hydrogen) atoms. The highest BCUT2D eigenvalue weighted by Gasteiger charge is 2.46. The molecule has 0 saturated heterocycles. The molecule has 0 amide bonds. The van der Waals surface area contributed by atoms with E-state index in [0.717, 1.165) is 11.3 Å². The van der Waals surface area contributed by atoms with Crippen LogP contribution in [0, 0.1) is 0 Å². The third-order valence-electron chi connectivity index (χ3n) is 3.43. The van der Waals surface area contributed by atoms with Gasteiger partial charge in [-0.25, -0.2) is 0 Å². The Kier molecular flexibility index (Phi) is 4.20. The molecule has 1 aromatic heterocycles. The largest absolute Gasteiger partial charge is 0.480 e. The number of aliphatic carboxylic acids is 1. The summed E-state index contributed by atoms with van der Waals surface area (Å²) in [6, 6.07) is 0.179. The summed E-state index contributed by atoms with van der Waals surface area (Å²) in [5.41, 5.74) is -0.756. The topological polar surface area (TPSA) is 67.2 Å². The molecule has 2 rings (SSSR count). The van der Waals surface area contributed by atoms with Gasteiger partial charge < -0.3 is 5.11 Å². The van der Waals surface area contributed by atoms with Crippen molar-refractivity contribution in [1.29, 1.82) is 0 Å². The van der Waals surface area contributed by atoms with Crippen molar-refractivity contribution >= 4 is 17.7 Å². The first-order valence-corrected chi connectivity index (χ1v) is 7.46. The number of hydrogen-bond acceptors (Lipinski definition) is 4. The van der Waals surface area contributed by atoms with Crippen molar-refractivity contribution in [2.45, 2.75) is 54.8 Å². The Morgan fingerprint density at radius 2 is 2.42 bits per heavy atom. The minimum Gasteiger partial charge on any atom is -0.480 e. The van der Waals surface area contributed by atoms with Crippen molar-refractivity contribution in [2.24, 2.45) is 7.05 Å². The van der Waals surface area contributed by atoms with Gasteiger partial charge >= 0.3 is 5.97 Å². The second kappa shape index (κ2) is 5.54. The summed E-state index contributed by atoms with van der Waals surface area (Å²) >= 11 is 1.73. The molecule has 1 heterocycles. The van der Waals surface area contributed by atoms with Crippen LogP contribution in [-0.4, -0.2) is 37.7 Å². The van der Waals surface area contributed by atoms with Gasteiger partial charge in [0.2, 0.25) is 0 Å². The molecular formula is C13H21N3O2S. The average Bonchev–Trinajstić information content (AvgIpc) is 2.87. The number of aromatic nitrogens is 2. The summed E-state index contributed by atoms with van der Waals surface area (Å²) in [5.74, 6) is -0.726. The normalized spacial score (nSPS) is 27.1. The fourth-order valence-electron chi connectivity index (χ4n) is 2.69. The zero-order valence-corrected chi connectivity index (χ0v) is 12.4. The monoisotopic (exact) mass is 283 g/mol. The fraction of sp³-hybridized carbons (Fsp3) is 0.692. The molecule has 1 aliphatic carbocycles. The third kappa shape index (κ3) is 3.30. The number of thioether (sulfide) groups is 1. The Morgan fingerprint density at radius 3 is 2.95 bits per heavy atom. The van der Waals surface area contributed by atoms with E-state index in [1.165, 1.54) is 0 Å². The highest BCUT2D eigenvalue weighted by Crippen LogP contribution is 2.40. The number of hydrogen-bond donors (Lipinski definition) is 2. The average molecular weight is 283 g/mol. The van der Waals surface area contributed by atoms with Crippen LogP contribution in [0.4, 0.5) is 0 Å². The molecule has 2 atom stereocenters. The number of aryl methyl sites for hydroxylation is 1. The highest BCUT2D eigenvalue weighted by atomic mass is 32.2. The lowest BCUT2D eigenvalue weighted by atomic mass is 9.97. The number of carboxylic acid groups (broad SMARTS) is 1. The Hall–Kier alpha value is -1.01. The standard InChI is InChI=1S/C13H21N3O2S/c1-9(2)15-13(12(17)18)5-4-10(6-13)19-11-7-14-16(3)8-11/h7-10,15H,4-6H2,1-3H3,(H,17,18). The predicted molar refractivity (Wildman–Crippen MR) is 75.3 cm³/mol. The third-order valence-corrected chi connectivity index (χ3v) is 4.65. The Morgan fingerprint density at radius 1 is 1.68 bits per heavy atom. The second-order valence-electron chi connectivity index (χ2n) is 5.52. The van der Waals surface area contributed by atoms with Crippen molar-refractivity contribution < 1.29 is 9.90 Å². The van der Waals surface area contributed by atoms with Crippen LogP contribution in [0.5, 0.6) is 0 Å². The van der Waals surface area contributed by atoms with Crippen molar-refractivity contribution in [3.05, 3.63) is 12.4 Å². The van der Waals surface area contributed by atoms with Crippen molar-refractivity contribution in [3.63, 3.8) is 0 Å². The predicted octanol–water partition coefficient (Wildman–Crippen LogP) is 1.89. The minimum atomic E-state index is -0.756. The van der Waals surface area contributed by atoms with E-state index in [0.29, 0.717) is 18.1 Å². The first-order chi connectivity index (χ1) is 8.91. The van der Waals surface area contributed by atoms with E-state index in [2.05, 4.69) is 10.4 Å². The Labute approximate surface area is 117 Å². The lowest BCUT2D eigenvalue weighted by Gasteiger charge is -2.28. The van der Waals surface area contributed by atoms with Crippen molar-refractivity contribution in [2.75, 3.05) is 0 Å². The van der Waals surface area contributed by atoms with Crippen LogP contribution in [-0.2, 0) is 11.8 Å². The van der Waals surface area contributed by atoms with Gasteiger partial charge in [-0.2, -0.15) is 5.10 Å². The molecule has 2 unspecified atom stereocenters. The van der Waals surface area contributed by atoms with Crippen LogP contribution in [0.3, 0.4) is 0 Å². The molecule has 0 aromatic carbocycles. The van der Waals surface area contributed by atoms with Gasteiger partial charge in [-0.3, -0.25) is 14.8 Å². The summed E-state index contributed by atoms with van der Waals surface area (Å²) in [6.07, 6.45) is 6.09. The molecule has 0 bridgehead atoms. The maximum Gasteiger partial charge on any atom is 0.323 e. The number of carboxylic acids is 1. The summed E-state index contributed by atoms with van der Waals surface area (Å²) in [4.78, 5) is 12.7. The molecule has 0 aliphatic heterocycles. The molecular weight excluding hydrogens is 262 g/mol. The van der Waals surface area contributed by atoms with Gasteiger partial charge in [0.05, 0.1) is 6.20 Å². The Balaban J connectivity index is 2.02. The number of nitrogens with zero attached hydrogens (tertiary/aromatic N) is 2. The molecule has 1 fully saturated rings. The van der Waals surface area contributed by atoms with Crippen LogP contribution >= 0.6 is 11.8 Å². The summed E-state index contributed by atoms with van der Waals surface area (Å²) in [5, 5.41) is 17.2. The lowest BCUT2D eigenvalue weighted by Crippen LogP contribution is -2.53. The molecule has 1 aromatic rings. The summed E-state index contributed by atoms with van der Waals surface area (Å²) < 4.78 is 1.77. The first-order valence-electron chi connectivity index (χ1n) is 6.58. The molecule has 0 spiro atoms. The number of carbonyl (C=O) groups is 1. The van der Waals surface area contributed by atoms with Gasteiger partial charge in [0.15, 0.2) is 0 Å². The molecule has 0 radical (unpaired) electrons. The van der Waals surface area contributed by atoms with Gasteiger partial charge in [0.25, 0.3) is 0 Å². The van der Waals surface area contributed by atoms with Gasteiger partial charge in [-0.1, -0.05) is 0 Å². The second-order valence-corrected chi connectivity index (χ2v) is 6.89. The van der Waals surface area contributed by atoms with E-state index in [4.69, 9.17) is 0 Å². The smallest absolute Gasteiger partial charge is 0.323 e. The van der Waals surface area contributed by atoms with E-state index >= 15 is 0 Å². The van der Waals surface area contributed by atoms with Crippen LogP contribution in [0.2, 0.25) is 0 Å². The van der Waals surface area contributed by atoms with E-state index < -0.39 is 11.5 Å². The molecule has 6 heteroatoms. The summed E-state index contributed by atoms with van der Waals surface area (Å²) in [7, 11) is 1.89. The van der Waals surface area contributed by atoms with Crippen LogP contribution in [0.1, 0.15) is 33.1 Å². The lowest BCUT2D eigenvalue weighted by molar-refractivity contribution is -0.145. The molecule has 1 aliphatic rings. The summed E-state index contributed by atoms with van der Waals surface area (Å²) in [6.45, 7) is 3.98. The van der Waals surface area contributed by atoms with E-state index in [1.807, 2.05) is 33.3 Å². The minimum absolute atomic E-state index is 0.179. The Bertz CT molecular complexity index is 460. The van der Waals surface area contributed by atoms with Gasteiger partial charge in [-0.15, -0.1) is 11.8 Å². The molecule has 5 nitrogen and oxygen atoms in total. The van der Waals surface area contributed by atoms with Crippen LogP contribution in [0.15, 0.2) is 17.3 Å². The van der Waals surface area contributed by atoms with E-state index in [9.17, 15) is 9.90 Å². The van der Waals surface area contributed by atoms with Crippen LogP contribution in [0.25, 0.3) is 0 Å². The van der Waals surface area contributed by atoms with Gasteiger partial charge in [0, 0.05) is 29.4 Å². The van der Waals surface area contributed by atoms with Crippen molar-refractivity contribution in [1.82, 2.24) is 15.1 Å². The van der Waals surface area contributed by atoms with Gasteiger partial charge in [0.1, 0.15) is 5.54 Å². The highest BCUT2D eigenvalue weighted by molar-refractivity contribution is 8.00. The van der Waals surface area contributed by atoms with Crippen LogP contribution < -0.4 is 5.32 Å². The number of nitrogens with one attached hydrogen (secondary N) is 1. The van der Waals surface area contributed by atoms with E-state index in [1.54, 1.807) is 16.4 Å². The first kappa shape index (κ1) is 14.4. The molecule has 106 valence electrons. The quantitative estimate of drug-likeness (QED) is 0.863. The molecule has 2 N–H and O–H groups in total. The molecule has 1 saturated carbocycles. The zero-order valence-electron chi connectivity index (χ0n) is 11.6. The SMILES string of the molecule is CC(C)NC1(C(=O)O)CCC(Sc2cnn(C)c2)C1. The number of rotatable bonds is 5. The maximum absolute atomic E-state index is 11.6. The van der Waals surface area contributed by atoms with Crippen molar-refractivity contribution in [3.8, 4) is 0 Å². The van der Waals surface area contributed by atoms with Gasteiger partial charge in [-0.05, 0) is 33.1 Å². The maximum atomic E-state index is 11.6.